The first-order valence-electron chi connectivity index (χ1n) is 5.18. The predicted octanol–water partition coefficient (Wildman–Crippen LogP) is 2.95. The van der Waals surface area contributed by atoms with Gasteiger partial charge < -0.3 is 0 Å². The highest BCUT2D eigenvalue weighted by Crippen LogP contribution is 2.21. The Labute approximate surface area is 113 Å². The number of carbonyl (C=O) groups is 1. The number of thiophene rings is 1. The Morgan fingerprint density at radius 2 is 2.22 bits per heavy atom. The molecule has 2 heterocycles. The Hall–Kier alpha value is -1.72. The Kier molecular flexibility index (Phi) is 4.07. The summed E-state index contributed by atoms with van der Waals surface area (Å²) in [6.45, 7) is 1.81. The normalized spacial score (nSPS) is 11.3. The molecule has 0 fully saturated rings. The lowest BCUT2D eigenvalue weighted by Crippen LogP contribution is -2.20. The van der Waals surface area contributed by atoms with Crippen molar-refractivity contribution in [3.05, 3.63) is 51.4 Å². The van der Waals surface area contributed by atoms with E-state index < -0.39 is 0 Å². The molecule has 18 heavy (non-hydrogen) atoms. The first-order chi connectivity index (χ1) is 8.66. The first kappa shape index (κ1) is 12.7. The van der Waals surface area contributed by atoms with E-state index in [1.165, 1.54) is 11.3 Å². The van der Waals surface area contributed by atoms with Gasteiger partial charge in [-0.15, -0.1) is 11.3 Å². The van der Waals surface area contributed by atoms with Crippen LogP contribution in [0.4, 0.5) is 0 Å². The van der Waals surface area contributed by atoms with Crippen molar-refractivity contribution in [3.63, 3.8) is 0 Å². The van der Waals surface area contributed by atoms with Gasteiger partial charge in [0.05, 0.1) is 14.9 Å². The summed E-state index contributed by atoms with van der Waals surface area (Å²) in [6, 6.07) is 8.78. The first-order valence-corrected chi connectivity index (χ1v) is 6.37. The van der Waals surface area contributed by atoms with Gasteiger partial charge in [0.1, 0.15) is 5.69 Å². The van der Waals surface area contributed by atoms with Crippen LogP contribution in [0.2, 0.25) is 4.34 Å². The third-order valence-corrected chi connectivity index (χ3v) is 3.49. The number of rotatable bonds is 3. The number of hydrogen-bond acceptors (Lipinski definition) is 4. The predicted molar refractivity (Wildman–Crippen MR) is 73.2 cm³/mol. The van der Waals surface area contributed by atoms with Gasteiger partial charge in [-0.3, -0.25) is 9.78 Å². The van der Waals surface area contributed by atoms with E-state index in [4.69, 9.17) is 11.6 Å². The third kappa shape index (κ3) is 3.15. The quantitative estimate of drug-likeness (QED) is 0.694. The highest BCUT2D eigenvalue weighted by molar-refractivity contribution is 7.18. The van der Waals surface area contributed by atoms with Crippen molar-refractivity contribution in [2.75, 3.05) is 0 Å². The Bertz CT molecular complexity index is 580. The number of pyridine rings is 1. The molecule has 0 spiro atoms. The summed E-state index contributed by atoms with van der Waals surface area (Å²) in [5, 5.41) is 4.01. The molecule has 0 aliphatic heterocycles. The maximum absolute atomic E-state index is 11.7. The molecule has 0 aliphatic carbocycles. The molecule has 2 rings (SSSR count). The second-order valence-corrected chi connectivity index (χ2v) is 5.17. The summed E-state index contributed by atoms with van der Waals surface area (Å²) < 4.78 is 0.690. The van der Waals surface area contributed by atoms with Gasteiger partial charge >= 0.3 is 0 Å². The maximum Gasteiger partial charge on any atom is 0.289 e. The van der Waals surface area contributed by atoms with Crippen LogP contribution in [0.25, 0.3) is 0 Å². The average Bonchev–Trinajstić information content (AvgIpc) is 2.83. The fourth-order valence-corrected chi connectivity index (χ4v) is 2.24. The van der Waals surface area contributed by atoms with Crippen molar-refractivity contribution in [2.45, 2.75) is 6.92 Å². The number of nitrogens with zero attached hydrogens (tertiary/aromatic N) is 2. The molecule has 0 aromatic carbocycles. The number of amides is 1. The summed E-state index contributed by atoms with van der Waals surface area (Å²) in [6.07, 6.45) is 1.56. The number of aromatic nitrogens is 1. The zero-order valence-corrected chi connectivity index (χ0v) is 11.1. The molecule has 1 N–H and O–H groups in total. The SMILES string of the molecule is C/C(=N/NC(=O)c1ccccn1)c1ccc(Cl)s1. The van der Waals surface area contributed by atoms with E-state index in [1.54, 1.807) is 37.4 Å². The Morgan fingerprint density at radius 3 is 2.83 bits per heavy atom. The van der Waals surface area contributed by atoms with Crippen molar-refractivity contribution in [2.24, 2.45) is 5.10 Å². The molecule has 0 atom stereocenters. The molecule has 0 bridgehead atoms. The minimum absolute atomic E-state index is 0.332. The number of hydrazone groups is 1. The molecule has 0 unspecified atom stereocenters. The van der Waals surface area contributed by atoms with Crippen molar-refractivity contribution >= 4 is 34.6 Å². The number of nitrogens with one attached hydrogen (secondary N) is 1. The van der Waals surface area contributed by atoms with Gasteiger partial charge in [0.2, 0.25) is 0 Å². The van der Waals surface area contributed by atoms with E-state index in [9.17, 15) is 4.79 Å². The molecule has 92 valence electrons. The number of carbonyl (C=O) groups excluding carboxylic acids is 1. The van der Waals surface area contributed by atoms with E-state index in [1.807, 2.05) is 6.07 Å². The van der Waals surface area contributed by atoms with Gasteiger partial charge in [-0.05, 0) is 31.2 Å². The topological polar surface area (TPSA) is 54.4 Å². The van der Waals surface area contributed by atoms with Crippen LogP contribution in [-0.4, -0.2) is 16.6 Å². The summed E-state index contributed by atoms with van der Waals surface area (Å²) >= 11 is 7.24. The molecule has 0 saturated carbocycles. The summed E-state index contributed by atoms with van der Waals surface area (Å²) in [4.78, 5) is 16.5. The fraction of sp³-hybridized carbons (Fsp3) is 0.0833. The Balaban J connectivity index is 2.05. The summed E-state index contributed by atoms with van der Waals surface area (Å²) in [5.41, 5.74) is 3.49. The Morgan fingerprint density at radius 1 is 1.39 bits per heavy atom. The lowest BCUT2D eigenvalue weighted by Gasteiger charge is -2.00. The molecule has 2 aromatic heterocycles. The smallest absolute Gasteiger partial charge is 0.266 e. The van der Waals surface area contributed by atoms with Crippen LogP contribution in [0.1, 0.15) is 22.3 Å². The van der Waals surface area contributed by atoms with Gasteiger partial charge in [-0.2, -0.15) is 5.10 Å². The highest BCUT2D eigenvalue weighted by Gasteiger charge is 2.06. The zero-order chi connectivity index (χ0) is 13.0. The van der Waals surface area contributed by atoms with Crippen LogP contribution in [0, 0.1) is 0 Å². The third-order valence-electron chi connectivity index (χ3n) is 2.15. The largest absolute Gasteiger partial charge is 0.289 e. The summed E-state index contributed by atoms with van der Waals surface area (Å²) in [5.74, 6) is -0.336. The molecule has 1 amide bonds. The molecule has 2 aromatic rings. The van der Waals surface area contributed by atoms with Crippen molar-refractivity contribution in [3.8, 4) is 0 Å². The van der Waals surface area contributed by atoms with Gasteiger partial charge in [-0.1, -0.05) is 17.7 Å². The van der Waals surface area contributed by atoms with Gasteiger partial charge in [0.15, 0.2) is 0 Å². The molecule has 0 saturated heterocycles. The van der Waals surface area contributed by atoms with E-state index in [-0.39, 0.29) is 5.91 Å². The van der Waals surface area contributed by atoms with E-state index >= 15 is 0 Å². The average molecular weight is 280 g/mol. The second kappa shape index (κ2) is 5.75. The molecule has 0 aliphatic rings. The van der Waals surface area contributed by atoms with E-state index in [0.29, 0.717) is 15.7 Å². The van der Waals surface area contributed by atoms with E-state index in [2.05, 4.69) is 15.5 Å². The lowest BCUT2D eigenvalue weighted by molar-refractivity contribution is 0.0950. The van der Waals surface area contributed by atoms with Gasteiger partial charge in [0, 0.05) is 6.20 Å². The molecule has 4 nitrogen and oxygen atoms in total. The second-order valence-electron chi connectivity index (χ2n) is 3.46. The number of hydrogen-bond donors (Lipinski definition) is 1. The van der Waals surface area contributed by atoms with Gasteiger partial charge in [0.25, 0.3) is 5.91 Å². The molecular formula is C12H10ClN3OS. The fourth-order valence-electron chi connectivity index (χ4n) is 1.25. The van der Waals surface area contributed by atoms with Crippen LogP contribution >= 0.6 is 22.9 Å². The molecule has 0 radical (unpaired) electrons. The van der Waals surface area contributed by atoms with Crippen LogP contribution in [-0.2, 0) is 0 Å². The van der Waals surface area contributed by atoms with Crippen LogP contribution in [0.3, 0.4) is 0 Å². The van der Waals surface area contributed by atoms with E-state index in [0.717, 1.165) is 4.88 Å². The minimum atomic E-state index is -0.336. The molecular weight excluding hydrogens is 270 g/mol. The van der Waals surface area contributed by atoms with Crippen molar-refractivity contribution in [1.29, 1.82) is 0 Å². The lowest BCUT2D eigenvalue weighted by atomic mass is 10.3. The maximum atomic E-state index is 11.7. The van der Waals surface area contributed by atoms with Crippen molar-refractivity contribution in [1.82, 2.24) is 10.4 Å². The highest BCUT2D eigenvalue weighted by atomic mass is 35.5. The van der Waals surface area contributed by atoms with Crippen LogP contribution in [0.5, 0.6) is 0 Å². The van der Waals surface area contributed by atoms with Crippen LogP contribution in [0.15, 0.2) is 41.6 Å². The monoisotopic (exact) mass is 279 g/mol. The standard InChI is InChI=1S/C12H10ClN3OS/c1-8(10-5-6-11(13)18-10)15-16-12(17)9-4-2-3-7-14-9/h2-7H,1H3,(H,16,17)/b15-8-. The van der Waals surface area contributed by atoms with Crippen molar-refractivity contribution < 1.29 is 4.79 Å². The molecule has 6 heteroatoms. The zero-order valence-electron chi connectivity index (χ0n) is 9.55. The van der Waals surface area contributed by atoms with Crippen LogP contribution < -0.4 is 5.43 Å². The summed E-state index contributed by atoms with van der Waals surface area (Å²) in [7, 11) is 0. The minimum Gasteiger partial charge on any atom is -0.266 e. The van der Waals surface area contributed by atoms with Gasteiger partial charge in [-0.25, -0.2) is 5.43 Å². The number of halogens is 1.